The summed E-state index contributed by atoms with van der Waals surface area (Å²) in [5, 5.41) is 10.2. The quantitative estimate of drug-likeness (QED) is 0.670. The van der Waals surface area contributed by atoms with Crippen LogP contribution in [-0.2, 0) is 14.2 Å². The van der Waals surface area contributed by atoms with Gasteiger partial charge in [-0.25, -0.2) is 0 Å². The van der Waals surface area contributed by atoms with Crippen LogP contribution in [-0.4, -0.2) is 35.0 Å². The van der Waals surface area contributed by atoms with E-state index in [1.54, 1.807) is 0 Å². The Kier molecular flexibility index (Phi) is 1.44. The molecular formula is C12H18O4. The number of hydrogen-bond acceptors (Lipinski definition) is 4. The normalized spacial score (nSPS) is 71.2. The van der Waals surface area contributed by atoms with Gasteiger partial charge in [-0.05, 0) is 19.8 Å². The minimum absolute atomic E-state index is 0.0440. The van der Waals surface area contributed by atoms with E-state index < -0.39 is 5.97 Å². The maximum absolute atomic E-state index is 10.2. The molecule has 4 heteroatoms. The first-order chi connectivity index (χ1) is 7.37. The smallest absolute Gasteiger partial charge is 0.281 e. The Morgan fingerprint density at radius 1 is 1.19 bits per heavy atom. The lowest BCUT2D eigenvalue weighted by Gasteiger charge is -2.61. The highest BCUT2D eigenvalue weighted by Gasteiger charge is 2.76. The van der Waals surface area contributed by atoms with Gasteiger partial charge in [0.1, 0.15) is 11.7 Å². The molecule has 5 rings (SSSR count). The number of hydrogen-bond donors (Lipinski definition) is 1. The van der Waals surface area contributed by atoms with Crippen LogP contribution in [0.1, 0.15) is 33.6 Å². The highest BCUT2D eigenvalue weighted by molar-refractivity contribution is 5.20. The van der Waals surface area contributed by atoms with Gasteiger partial charge in [0.15, 0.2) is 0 Å². The van der Waals surface area contributed by atoms with Gasteiger partial charge < -0.3 is 19.3 Å². The molecule has 2 aliphatic heterocycles. The Balaban J connectivity index is 1.92. The van der Waals surface area contributed by atoms with E-state index in [4.69, 9.17) is 14.2 Å². The average Bonchev–Trinajstić information content (AvgIpc) is 2.34. The second-order valence-corrected chi connectivity index (χ2v) is 6.37. The van der Waals surface area contributed by atoms with Crippen molar-refractivity contribution in [2.45, 2.75) is 63.5 Å². The zero-order valence-corrected chi connectivity index (χ0v) is 9.90. The first-order valence-corrected chi connectivity index (χ1v) is 6.11. The number of ether oxygens (including phenoxy) is 3. The molecule has 1 N–H and O–H groups in total. The SMILES string of the molecule is CC12O[C@H]3C[C@@]4(C)[C@@H](O1)[C@@](C)(O2)[C@@H]3C[C@@H]4O. The molecule has 1 unspecified atom stereocenters. The summed E-state index contributed by atoms with van der Waals surface area (Å²) in [5.74, 6) is -0.618. The molecule has 0 radical (unpaired) electrons. The summed E-state index contributed by atoms with van der Waals surface area (Å²) in [5.41, 5.74) is -0.494. The monoisotopic (exact) mass is 226 g/mol. The lowest BCUT2D eigenvalue weighted by Crippen LogP contribution is -2.70. The summed E-state index contributed by atoms with van der Waals surface area (Å²) in [6, 6.07) is 0. The molecule has 5 bridgehead atoms. The summed E-state index contributed by atoms with van der Waals surface area (Å²) in [6.07, 6.45) is 1.50. The van der Waals surface area contributed by atoms with Crippen molar-refractivity contribution in [2.75, 3.05) is 0 Å². The topological polar surface area (TPSA) is 47.9 Å². The van der Waals surface area contributed by atoms with E-state index >= 15 is 0 Å². The molecular weight excluding hydrogens is 208 g/mol. The molecule has 7 atom stereocenters. The summed E-state index contributed by atoms with van der Waals surface area (Å²) in [7, 11) is 0. The maximum atomic E-state index is 10.2. The van der Waals surface area contributed by atoms with Crippen LogP contribution < -0.4 is 0 Å². The van der Waals surface area contributed by atoms with E-state index in [1.165, 1.54) is 0 Å². The predicted octanol–water partition coefficient (Wildman–Crippen LogP) is 1.02. The fourth-order valence-corrected chi connectivity index (χ4v) is 4.58. The summed E-state index contributed by atoms with van der Waals surface area (Å²) in [4.78, 5) is 0. The predicted molar refractivity (Wildman–Crippen MR) is 54.5 cm³/mol. The van der Waals surface area contributed by atoms with Crippen molar-refractivity contribution in [3.63, 3.8) is 0 Å². The van der Waals surface area contributed by atoms with Crippen molar-refractivity contribution < 1.29 is 19.3 Å². The maximum Gasteiger partial charge on any atom is 0.281 e. The second-order valence-electron chi connectivity index (χ2n) is 6.37. The van der Waals surface area contributed by atoms with Gasteiger partial charge in [-0.15, -0.1) is 0 Å². The molecule has 4 nitrogen and oxygen atoms in total. The third-order valence-corrected chi connectivity index (χ3v) is 5.29. The van der Waals surface area contributed by atoms with Crippen LogP contribution in [0, 0.1) is 11.3 Å². The van der Waals surface area contributed by atoms with E-state index in [9.17, 15) is 5.11 Å². The van der Waals surface area contributed by atoms with Gasteiger partial charge in [-0.3, -0.25) is 0 Å². The van der Waals surface area contributed by atoms with Crippen LogP contribution >= 0.6 is 0 Å². The van der Waals surface area contributed by atoms with Gasteiger partial charge in [-0.1, -0.05) is 6.92 Å². The molecule has 0 aromatic carbocycles. The van der Waals surface area contributed by atoms with Crippen molar-refractivity contribution in [3.05, 3.63) is 0 Å². The number of aliphatic hydroxyl groups excluding tert-OH is 1. The third kappa shape index (κ3) is 0.817. The zero-order chi connectivity index (χ0) is 11.3. The molecule has 2 heterocycles. The van der Waals surface area contributed by atoms with Gasteiger partial charge in [0.05, 0.1) is 12.2 Å². The Labute approximate surface area is 94.9 Å². The van der Waals surface area contributed by atoms with Gasteiger partial charge in [-0.2, -0.15) is 0 Å². The fraction of sp³-hybridized carbons (Fsp3) is 1.00. The lowest BCUT2D eigenvalue weighted by molar-refractivity contribution is -0.395. The lowest BCUT2D eigenvalue weighted by atomic mass is 9.51. The largest absolute Gasteiger partial charge is 0.392 e. The van der Waals surface area contributed by atoms with Crippen LogP contribution in [0.25, 0.3) is 0 Å². The molecule has 0 amide bonds. The zero-order valence-electron chi connectivity index (χ0n) is 9.90. The minimum Gasteiger partial charge on any atom is -0.392 e. The molecule has 16 heavy (non-hydrogen) atoms. The third-order valence-electron chi connectivity index (χ3n) is 5.29. The number of fused-ring (bicyclic) bond motifs is 2. The molecule has 5 aliphatic rings. The van der Waals surface area contributed by atoms with E-state index in [-0.39, 0.29) is 35.2 Å². The Morgan fingerprint density at radius 3 is 2.69 bits per heavy atom. The Morgan fingerprint density at radius 2 is 1.94 bits per heavy atom. The molecule has 3 saturated carbocycles. The number of rotatable bonds is 0. The van der Waals surface area contributed by atoms with Crippen LogP contribution in [0.5, 0.6) is 0 Å². The fourth-order valence-electron chi connectivity index (χ4n) is 4.58. The molecule has 0 spiro atoms. The summed E-state index contributed by atoms with van der Waals surface area (Å²) < 4.78 is 17.9. The van der Waals surface area contributed by atoms with Crippen LogP contribution in [0.15, 0.2) is 0 Å². The van der Waals surface area contributed by atoms with Crippen molar-refractivity contribution in [3.8, 4) is 0 Å². The van der Waals surface area contributed by atoms with E-state index in [0.29, 0.717) is 0 Å². The van der Waals surface area contributed by atoms with Gasteiger partial charge in [0.2, 0.25) is 0 Å². The van der Waals surface area contributed by atoms with Crippen LogP contribution in [0.4, 0.5) is 0 Å². The highest BCUT2D eigenvalue weighted by Crippen LogP contribution is 2.66. The van der Waals surface area contributed by atoms with Crippen LogP contribution in [0.3, 0.4) is 0 Å². The average molecular weight is 226 g/mol. The van der Waals surface area contributed by atoms with E-state index in [2.05, 4.69) is 13.8 Å². The van der Waals surface area contributed by atoms with Gasteiger partial charge in [0.25, 0.3) is 5.97 Å². The first-order valence-electron chi connectivity index (χ1n) is 6.11. The van der Waals surface area contributed by atoms with Gasteiger partial charge >= 0.3 is 0 Å². The first kappa shape index (κ1) is 9.83. The van der Waals surface area contributed by atoms with Crippen molar-refractivity contribution in [1.82, 2.24) is 0 Å². The molecule has 2 saturated heterocycles. The molecule has 0 aromatic rings. The molecule has 5 fully saturated rings. The second kappa shape index (κ2) is 2.34. The summed E-state index contributed by atoms with van der Waals surface area (Å²) in [6.45, 7) is 6.07. The van der Waals surface area contributed by atoms with E-state index in [0.717, 1.165) is 12.8 Å². The van der Waals surface area contributed by atoms with Crippen LogP contribution in [0.2, 0.25) is 0 Å². The van der Waals surface area contributed by atoms with Crippen molar-refractivity contribution in [1.29, 1.82) is 0 Å². The van der Waals surface area contributed by atoms with E-state index in [1.807, 2.05) is 6.92 Å². The Hall–Kier alpha value is -0.160. The van der Waals surface area contributed by atoms with Gasteiger partial charge in [0, 0.05) is 18.3 Å². The molecule has 0 aromatic heterocycles. The molecule has 90 valence electrons. The summed E-state index contributed by atoms with van der Waals surface area (Å²) >= 11 is 0. The highest BCUT2D eigenvalue weighted by atomic mass is 16.9. The number of aliphatic hydroxyl groups is 1. The minimum atomic E-state index is -0.887. The Bertz CT molecular complexity index is 368. The standard InChI is InChI=1S/C12H18O4/c1-10-5-7-6(4-8(10)13)11(2)9(10)15-12(3,14-7)16-11/h6-9,13H,4-5H2,1-3H3/t6-,7+,8+,9-,10-,11+,12?/m1/s1. The van der Waals surface area contributed by atoms with Crippen molar-refractivity contribution in [2.24, 2.45) is 11.3 Å². The molecule has 3 aliphatic carbocycles. The van der Waals surface area contributed by atoms with Crippen molar-refractivity contribution >= 4 is 0 Å².